The summed E-state index contributed by atoms with van der Waals surface area (Å²) >= 11 is 0. The first-order valence-corrected chi connectivity index (χ1v) is 4.05. The molecule has 1 N–H and O–H groups in total. The van der Waals surface area contributed by atoms with Gasteiger partial charge in [0.1, 0.15) is 5.82 Å². The molecule has 4 heteroatoms. The van der Waals surface area contributed by atoms with Gasteiger partial charge in [-0.05, 0) is 19.4 Å². The summed E-state index contributed by atoms with van der Waals surface area (Å²) in [5, 5.41) is 8.57. The summed E-state index contributed by atoms with van der Waals surface area (Å²) in [6.07, 6.45) is 0. The number of halogens is 2. The Bertz CT molecular complexity index is 372. The van der Waals surface area contributed by atoms with Gasteiger partial charge in [-0.2, -0.15) is 0 Å². The minimum atomic E-state index is -2.68. The highest BCUT2D eigenvalue weighted by molar-refractivity contribution is 5.78. The van der Waals surface area contributed by atoms with Crippen LogP contribution in [0.15, 0.2) is 18.2 Å². The number of benzene rings is 1. The third-order valence-corrected chi connectivity index (χ3v) is 2.10. The Hall–Kier alpha value is -1.45. The van der Waals surface area contributed by atoms with E-state index in [1.165, 1.54) is 19.1 Å². The zero-order valence-electron chi connectivity index (χ0n) is 7.84. The smallest absolute Gasteiger partial charge is 0.346 e. The fourth-order valence-corrected chi connectivity index (χ4v) is 1.13. The fraction of sp³-hybridized carbons (Fsp3) is 0.300. The van der Waals surface area contributed by atoms with Crippen LogP contribution in [0.5, 0.6) is 0 Å². The van der Waals surface area contributed by atoms with Crippen LogP contribution < -0.4 is 0 Å². The van der Waals surface area contributed by atoms with Crippen LogP contribution >= 0.6 is 0 Å². The van der Waals surface area contributed by atoms with E-state index in [0.717, 1.165) is 13.0 Å². The Balaban J connectivity index is 3.33. The molecule has 1 unspecified atom stereocenters. The lowest BCUT2D eigenvalue weighted by Gasteiger charge is -2.16. The number of rotatable bonds is 2. The molecule has 0 aliphatic heterocycles. The van der Waals surface area contributed by atoms with Crippen LogP contribution in [0.1, 0.15) is 18.1 Å². The highest BCUT2D eigenvalue weighted by Gasteiger charge is 2.37. The van der Waals surface area contributed by atoms with Crippen molar-refractivity contribution in [3.05, 3.63) is 35.1 Å². The maximum atomic E-state index is 13.5. The summed E-state index contributed by atoms with van der Waals surface area (Å²) in [5.41, 5.74) is -2.89. The summed E-state index contributed by atoms with van der Waals surface area (Å²) in [6, 6.07) is 4.02. The molecule has 0 aliphatic carbocycles. The topological polar surface area (TPSA) is 37.3 Å². The lowest BCUT2D eigenvalue weighted by molar-refractivity contribution is -0.150. The Morgan fingerprint density at radius 3 is 2.57 bits per heavy atom. The largest absolute Gasteiger partial charge is 0.479 e. The highest BCUT2D eigenvalue weighted by atomic mass is 19.1. The maximum absolute atomic E-state index is 13.5. The van der Waals surface area contributed by atoms with Crippen LogP contribution in [0.3, 0.4) is 0 Å². The first-order valence-electron chi connectivity index (χ1n) is 4.05. The van der Waals surface area contributed by atoms with Gasteiger partial charge in [-0.1, -0.05) is 18.2 Å². The van der Waals surface area contributed by atoms with Crippen LogP contribution in [0.4, 0.5) is 8.78 Å². The van der Waals surface area contributed by atoms with Crippen LogP contribution in [0.2, 0.25) is 0 Å². The van der Waals surface area contributed by atoms with Gasteiger partial charge in [0, 0.05) is 5.56 Å². The molecule has 14 heavy (non-hydrogen) atoms. The van der Waals surface area contributed by atoms with Gasteiger partial charge in [0.15, 0.2) is 0 Å². The molecule has 1 aromatic carbocycles. The Labute approximate surface area is 80.2 Å². The third-order valence-electron chi connectivity index (χ3n) is 2.10. The fourth-order valence-electron chi connectivity index (χ4n) is 1.13. The summed E-state index contributed by atoms with van der Waals surface area (Å²) in [7, 11) is 0. The first-order chi connectivity index (χ1) is 6.37. The second kappa shape index (κ2) is 3.36. The molecular formula is C10H10F2O2. The van der Waals surface area contributed by atoms with Gasteiger partial charge in [0.25, 0.3) is 0 Å². The molecule has 76 valence electrons. The third kappa shape index (κ3) is 1.60. The van der Waals surface area contributed by atoms with Gasteiger partial charge in [-0.25, -0.2) is 13.6 Å². The average molecular weight is 200 g/mol. The molecule has 0 aromatic heterocycles. The zero-order chi connectivity index (χ0) is 10.9. The van der Waals surface area contributed by atoms with Gasteiger partial charge in [0.2, 0.25) is 5.67 Å². The van der Waals surface area contributed by atoms with Crippen molar-refractivity contribution in [2.45, 2.75) is 19.5 Å². The van der Waals surface area contributed by atoms with Crippen LogP contribution in [0.25, 0.3) is 0 Å². The SMILES string of the molecule is Cc1cccc(C(C)(F)C(=O)O)c1F. The maximum Gasteiger partial charge on any atom is 0.346 e. The van der Waals surface area contributed by atoms with E-state index in [1.54, 1.807) is 0 Å². The van der Waals surface area contributed by atoms with E-state index < -0.39 is 23.0 Å². The molecule has 1 atom stereocenters. The van der Waals surface area contributed by atoms with Crippen molar-refractivity contribution in [3.63, 3.8) is 0 Å². The van der Waals surface area contributed by atoms with E-state index in [2.05, 4.69) is 0 Å². The second-order valence-corrected chi connectivity index (χ2v) is 3.24. The molecule has 0 amide bonds. The number of carboxylic acids is 1. The molecule has 0 spiro atoms. The van der Waals surface area contributed by atoms with Crippen molar-refractivity contribution in [1.29, 1.82) is 0 Å². The zero-order valence-corrected chi connectivity index (χ0v) is 7.84. The van der Waals surface area contributed by atoms with Crippen LogP contribution in [-0.2, 0) is 10.5 Å². The molecular weight excluding hydrogens is 190 g/mol. The van der Waals surface area contributed by atoms with E-state index in [9.17, 15) is 13.6 Å². The van der Waals surface area contributed by atoms with Crippen molar-refractivity contribution in [2.24, 2.45) is 0 Å². The summed E-state index contributed by atoms with van der Waals surface area (Å²) in [6.45, 7) is 2.28. The Morgan fingerprint density at radius 1 is 1.50 bits per heavy atom. The normalized spacial score (nSPS) is 14.9. The molecule has 2 nitrogen and oxygen atoms in total. The second-order valence-electron chi connectivity index (χ2n) is 3.24. The predicted molar refractivity (Wildman–Crippen MR) is 47.2 cm³/mol. The number of aryl methyl sites for hydroxylation is 1. The molecule has 0 fully saturated rings. The number of hydrogen-bond donors (Lipinski definition) is 1. The molecule has 0 aliphatic rings. The standard InChI is InChI=1S/C10H10F2O2/c1-6-4-3-5-7(8(6)11)10(2,12)9(13)14/h3-5H,1-2H3,(H,13,14). The lowest BCUT2D eigenvalue weighted by Crippen LogP contribution is -2.28. The molecule has 0 heterocycles. The van der Waals surface area contributed by atoms with Crippen molar-refractivity contribution < 1.29 is 18.7 Å². The summed E-state index contributed by atoms with van der Waals surface area (Å²) in [5.74, 6) is -2.50. The van der Waals surface area contributed by atoms with E-state index in [-0.39, 0.29) is 5.56 Å². The summed E-state index contributed by atoms with van der Waals surface area (Å²) < 4.78 is 26.9. The van der Waals surface area contributed by atoms with E-state index >= 15 is 0 Å². The van der Waals surface area contributed by atoms with Crippen molar-refractivity contribution >= 4 is 5.97 Å². The minimum absolute atomic E-state index is 0.229. The van der Waals surface area contributed by atoms with Crippen LogP contribution in [0, 0.1) is 12.7 Å². The lowest BCUT2D eigenvalue weighted by atomic mass is 9.96. The van der Waals surface area contributed by atoms with Gasteiger partial charge in [-0.3, -0.25) is 0 Å². The quantitative estimate of drug-likeness (QED) is 0.795. The van der Waals surface area contributed by atoms with Crippen LogP contribution in [-0.4, -0.2) is 11.1 Å². The first kappa shape index (κ1) is 10.6. The van der Waals surface area contributed by atoms with Gasteiger partial charge >= 0.3 is 5.97 Å². The van der Waals surface area contributed by atoms with Gasteiger partial charge in [-0.15, -0.1) is 0 Å². The number of carboxylic acid groups (broad SMARTS) is 1. The van der Waals surface area contributed by atoms with E-state index in [4.69, 9.17) is 5.11 Å². The molecule has 1 rings (SSSR count). The number of aliphatic carboxylic acids is 1. The minimum Gasteiger partial charge on any atom is -0.479 e. The molecule has 0 saturated heterocycles. The summed E-state index contributed by atoms with van der Waals surface area (Å²) in [4.78, 5) is 10.5. The van der Waals surface area contributed by atoms with Gasteiger partial charge in [0.05, 0.1) is 0 Å². The number of alkyl halides is 1. The predicted octanol–water partition coefficient (Wildman–Crippen LogP) is 2.40. The molecule has 1 aromatic rings. The van der Waals surface area contributed by atoms with E-state index in [0.29, 0.717) is 0 Å². The molecule has 0 bridgehead atoms. The van der Waals surface area contributed by atoms with Crippen molar-refractivity contribution in [3.8, 4) is 0 Å². The number of hydrogen-bond acceptors (Lipinski definition) is 1. The molecule has 0 saturated carbocycles. The van der Waals surface area contributed by atoms with E-state index in [1.807, 2.05) is 0 Å². The van der Waals surface area contributed by atoms with Gasteiger partial charge < -0.3 is 5.11 Å². The van der Waals surface area contributed by atoms with Crippen molar-refractivity contribution in [1.82, 2.24) is 0 Å². The average Bonchev–Trinajstić information content (AvgIpc) is 2.09. The Kier molecular flexibility index (Phi) is 2.55. The highest BCUT2D eigenvalue weighted by Crippen LogP contribution is 2.29. The monoisotopic (exact) mass is 200 g/mol. The molecule has 0 radical (unpaired) electrons. The van der Waals surface area contributed by atoms with Crippen molar-refractivity contribution in [2.75, 3.05) is 0 Å². The Morgan fingerprint density at radius 2 is 2.07 bits per heavy atom. The number of carbonyl (C=O) groups is 1.